The lowest BCUT2D eigenvalue weighted by atomic mass is 9.94. The van der Waals surface area contributed by atoms with Crippen molar-refractivity contribution in [3.63, 3.8) is 0 Å². The van der Waals surface area contributed by atoms with Gasteiger partial charge in [0.2, 0.25) is 0 Å². The number of amides is 1. The zero-order valence-electron chi connectivity index (χ0n) is 17.2. The van der Waals surface area contributed by atoms with Gasteiger partial charge in [-0.25, -0.2) is 4.39 Å². The van der Waals surface area contributed by atoms with E-state index >= 15 is 0 Å². The van der Waals surface area contributed by atoms with E-state index in [9.17, 15) is 19.1 Å². The predicted octanol–water partition coefficient (Wildman–Crippen LogP) is 3.34. The summed E-state index contributed by atoms with van der Waals surface area (Å²) in [6.45, 7) is 0.0142. The lowest BCUT2D eigenvalue weighted by molar-refractivity contribution is -0.144. The van der Waals surface area contributed by atoms with Crippen LogP contribution in [0.15, 0.2) is 48.7 Å². The molecule has 168 valence electrons. The molecule has 0 aliphatic heterocycles. The second-order valence-corrected chi connectivity index (χ2v) is 7.73. The van der Waals surface area contributed by atoms with E-state index in [1.165, 1.54) is 25.4 Å². The molecule has 3 aromatic rings. The van der Waals surface area contributed by atoms with E-state index in [0.29, 0.717) is 22.6 Å². The zero-order valence-corrected chi connectivity index (χ0v) is 18.0. The standard InChI is InChI=1S/C22H22ClFN4O4/c1-32-12-15(22(30)31)9-17(26-21(29)20-11-25-28-27-20)8-13-2-4-14(5-3-13)18-10-16(23)6-7-19(18)24/h2-7,10-11,15,17H,8-9,12H2,1H3,(H,26,29)(H,30,31)(H,25,27,28)/t15-,17+/m0/s1. The highest BCUT2D eigenvalue weighted by atomic mass is 35.5. The maximum atomic E-state index is 14.1. The van der Waals surface area contributed by atoms with Crippen molar-refractivity contribution in [3.05, 3.63) is 70.8 Å². The summed E-state index contributed by atoms with van der Waals surface area (Å²) in [5, 5.41) is 22.3. The predicted molar refractivity (Wildman–Crippen MR) is 116 cm³/mol. The van der Waals surface area contributed by atoms with Crippen molar-refractivity contribution in [1.29, 1.82) is 0 Å². The number of halogens is 2. The van der Waals surface area contributed by atoms with Gasteiger partial charge < -0.3 is 15.2 Å². The molecular weight excluding hydrogens is 439 g/mol. The van der Waals surface area contributed by atoms with Gasteiger partial charge in [0.15, 0.2) is 0 Å². The van der Waals surface area contributed by atoms with Gasteiger partial charge in [0.25, 0.3) is 5.91 Å². The highest BCUT2D eigenvalue weighted by molar-refractivity contribution is 6.30. The number of aromatic nitrogens is 3. The first kappa shape index (κ1) is 23.4. The number of carbonyl (C=O) groups is 2. The largest absolute Gasteiger partial charge is 0.481 e. The quantitative estimate of drug-likeness (QED) is 0.427. The summed E-state index contributed by atoms with van der Waals surface area (Å²) < 4.78 is 19.2. The van der Waals surface area contributed by atoms with Crippen LogP contribution < -0.4 is 5.32 Å². The molecule has 2 atom stereocenters. The molecule has 3 N–H and O–H groups in total. The van der Waals surface area contributed by atoms with Crippen LogP contribution in [0.2, 0.25) is 5.02 Å². The number of carbonyl (C=O) groups excluding carboxylic acids is 1. The molecule has 0 radical (unpaired) electrons. The Morgan fingerprint density at radius 3 is 2.62 bits per heavy atom. The Bertz CT molecular complexity index is 1060. The van der Waals surface area contributed by atoms with Gasteiger partial charge in [-0.15, -0.1) is 5.10 Å². The van der Waals surface area contributed by atoms with Gasteiger partial charge in [0, 0.05) is 23.7 Å². The molecular formula is C22H22ClFN4O4. The van der Waals surface area contributed by atoms with Crippen LogP contribution in [0.1, 0.15) is 22.5 Å². The average molecular weight is 461 g/mol. The van der Waals surface area contributed by atoms with Crippen molar-refractivity contribution < 1.29 is 23.8 Å². The van der Waals surface area contributed by atoms with Crippen molar-refractivity contribution >= 4 is 23.5 Å². The van der Waals surface area contributed by atoms with Crippen molar-refractivity contribution in [2.75, 3.05) is 13.7 Å². The molecule has 0 aliphatic carbocycles. The van der Waals surface area contributed by atoms with Crippen molar-refractivity contribution in [3.8, 4) is 11.1 Å². The molecule has 1 aromatic heterocycles. The molecule has 0 saturated heterocycles. The minimum Gasteiger partial charge on any atom is -0.481 e. The van der Waals surface area contributed by atoms with Crippen LogP contribution in [-0.2, 0) is 16.0 Å². The van der Waals surface area contributed by atoms with E-state index in [1.807, 2.05) is 0 Å². The second kappa shape index (κ2) is 10.8. The van der Waals surface area contributed by atoms with Crippen molar-refractivity contribution in [1.82, 2.24) is 20.7 Å². The number of nitrogens with one attached hydrogen (secondary N) is 2. The summed E-state index contributed by atoms with van der Waals surface area (Å²) in [5.74, 6) is -2.64. The third kappa shape index (κ3) is 6.12. The summed E-state index contributed by atoms with van der Waals surface area (Å²) in [4.78, 5) is 24.1. The van der Waals surface area contributed by atoms with Gasteiger partial charge in [-0.1, -0.05) is 41.1 Å². The summed E-state index contributed by atoms with van der Waals surface area (Å²) in [5.41, 5.74) is 2.04. The number of rotatable bonds is 10. The first-order valence-electron chi connectivity index (χ1n) is 9.80. The van der Waals surface area contributed by atoms with Crippen LogP contribution in [0.4, 0.5) is 4.39 Å². The van der Waals surface area contributed by atoms with E-state index in [0.717, 1.165) is 5.56 Å². The smallest absolute Gasteiger partial charge is 0.308 e. The molecule has 1 heterocycles. The van der Waals surface area contributed by atoms with E-state index in [2.05, 4.69) is 20.7 Å². The highest BCUT2D eigenvalue weighted by Crippen LogP contribution is 2.26. The van der Waals surface area contributed by atoms with Crippen molar-refractivity contribution in [2.24, 2.45) is 5.92 Å². The molecule has 32 heavy (non-hydrogen) atoms. The first-order valence-corrected chi connectivity index (χ1v) is 10.2. The van der Waals surface area contributed by atoms with E-state index < -0.39 is 23.8 Å². The van der Waals surface area contributed by atoms with E-state index in [4.69, 9.17) is 16.3 Å². The minimum absolute atomic E-state index is 0.0142. The summed E-state index contributed by atoms with van der Waals surface area (Å²) in [6, 6.07) is 11.0. The number of carboxylic acids is 1. The summed E-state index contributed by atoms with van der Waals surface area (Å²) >= 11 is 5.98. The molecule has 8 nitrogen and oxygen atoms in total. The fourth-order valence-electron chi connectivity index (χ4n) is 3.37. The molecule has 0 saturated carbocycles. The summed E-state index contributed by atoms with van der Waals surface area (Å²) in [6.07, 6.45) is 1.80. The van der Waals surface area contributed by atoms with Crippen LogP contribution >= 0.6 is 11.6 Å². The Morgan fingerprint density at radius 1 is 1.25 bits per heavy atom. The molecule has 0 unspecified atom stereocenters. The molecule has 0 fully saturated rings. The number of hydrogen-bond donors (Lipinski definition) is 3. The number of nitrogens with zero attached hydrogens (tertiary/aromatic N) is 2. The van der Waals surface area contributed by atoms with Gasteiger partial charge in [-0.05, 0) is 42.2 Å². The number of benzene rings is 2. The van der Waals surface area contributed by atoms with Gasteiger partial charge >= 0.3 is 5.97 Å². The van der Waals surface area contributed by atoms with Crippen molar-refractivity contribution in [2.45, 2.75) is 18.9 Å². The second-order valence-electron chi connectivity index (χ2n) is 7.29. The topological polar surface area (TPSA) is 117 Å². The Labute approximate surface area is 188 Å². The number of hydrogen-bond acceptors (Lipinski definition) is 5. The maximum absolute atomic E-state index is 14.1. The minimum atomic E-state index is -1.01. The third-order valence-corrected chi connectivity index (χ3v) is 5.19. The Morgan fingerprint density at radius 2 is 2.00 bits per heavy atom. The lowest BCUT2D eigenvalue weighted by Crippen LogP contribution is -2.40. The molecule has 0 bridgehead atoms. The zero-order chi connectivity index (χ0) is 23.1. The van der Waals surface area contributed by atoms with Crippen LogP contribution in [0, 0.1) is 11.7 Å². The number of H-pyrrole nitrogens is 1. The normalized spacial score (nSPS) is 12.8. The van der Waals surface area contributed by atoms with Gasteiger partial charge in [-0.3, -0.25) is 14.7 Å². The first-order chi connectivity index (χ1) is 15.4. The number of aromatic amines is 1. The third-order valence-electron chi connectivity index (χ3n) is 4.96. The van der Waals surface area contributed by atoms with Crippen LogP contribution in [0.5, 0.6) is 0 Å². The van der Waals surface area contributed by atoms with E-state index in [-0.39, 0.29) is 24.5 Å². The number of aliphatic carboxylic acids is 1. The van der Waals surface area contributed by atoms with Crippen LogP contribution in [0.3, 0.4) is 0 Å². The lowest BCUT2D eigenvalue weighted by Gasteiger charge is -2.22. The molecule has 3 rings (SSSR count). The summed E-state index contributed by atoms with van der Waals surface area (Å²) in [7, 11) is 1.42. The molecule has 1 amide bonds. The number of methoxy groups -OCH3 is 1. The van der Waals surface area contributed by atoms with Gasteiger partial charge in [-0.2, -0.15) is 0 Å². The van der Waals surface area contributed by atoms with E-state index in [1.54, 1.807) is 30.3 Å². The monoisotopic (exact) mass is 460 g/mol. The fourth-order valence-corrected chi connectivity index (χ4v) is 3.54. The maximum Gasteiger partial charge on any atom is 0.308 e. The van der Waals surface area contributed by atoms with Crippen LogP contribution in [-0.4, -0.2) is 52.2 Å². The average Bonchev–Trinajstić information content (AvgIpc) is 3.31. The molecule has 10 heteroatoms. The highest BCUT2D eigenvalue weighted by Gasteiger charge is 2.25. The van der Waals surface area contributed by atoms with Crippen LogP contribution in [0.25, 0.3) is 11.1 Å². The molecule has 2 aromatic carbocycles. The molecule has 0 spiro atoms. The SMILES string of the molecule is COC[C@H](C[C@@H](Cc1ccc(-c2cc(Cl)ccc2F)cc1)NC(=O)c1cnn[nH]1)C(=O)O. The van der Waals surface area contributed by atoms with Gasteiger partial charge in [0.1, 0.15) is 11.5 Å². The number of ether oxygens (including phenoxy) is 1. The Hall–Kier alpha value is -3.30. The fraction of sp³-hybridized carbons (Fsp3) is 0.273. The molecule has 0 aliphatic rings. The van der Waals surface area contributed by atoms with Gasteiger partial charge in [0.05, 0.1) is 18.7 Å². The Kier molecular flexibility index (Phi) is 7.91. The Balaban J connectivity index is 1.79. The number of carboxylic acid groups (broad SMARTS) is 1.